The van der Waals surface area contributed by atoms with Crippen LogP contribution in [0.2, 0.25) is 0 Å². The van der Waals surface area contributed by atoms with Gasteiger partial charge in [0.05, 0.1) is 0 Å². The number of carbonyl (C=O) groups excluding carboxylic acids is 1. The lowest BCUT2D eigenvalue weighted by Crippen LogP contribution is -2.10. The zero-order valence-corrected chi connectivity index (χ0v) is 12.9. The average molecular weight is 332 g/mol. The fourth-order valence-corrected chi connectivity index (χ4v) is 2.34. The minimum absolute atomic E-state index is 0.129. The molecule has 0 saturated heterocycles. The Morgan fingerprint density at radius 3 is 2.64 bits per heavy atom. The lowest BCUT2D eigenvalue weighted by atomic mass is 10.1. The summed E-state index contributed by atoms with van der Waals surface area (Å²) in [6.07, 6.45) is 0. The zero-order valence-electron chi connectivity index (χ0n) is 12.9. The van der Waals surface area contributed by atoms with Crippen LogP contribution in [0.1, 0.15) is 10.6 Å². The third-order valence-electron chi connectivity index (χ3n) is 3.53. The van der Waals surface area contributed by atoms with Crippen molar-refractivity contribution in [2.45, 2.75) is 0 Å². The summed E-state index contributed by atoms with van der Waals surface area (Å²) in [5.41, 5.74) is 2.80. The van der Waals surface area contributed by atoms with Gasteiger partial charge >= 0.3 is 0 Å². The van der Waals surface area contributed by atoms with Crippen molar-refractivity contribution in [2.75, 3.05) is 5.32 Å². The Morgan fingerprint density at radius 1 is 1.00 bits per heavy atom. The van der Waals surface area contributed by atoms with E-state index < -0.39 is 0 Å². The van der Waals surface area contributed by atoms with Crippen LogP contribution in [0.5, 0.6) is 0 Å². The Bertz CT molecular complexity index is 995. The second-order valence-electron chi connectivity index (χ2n) is 5.21. The van der Waals surface area contributed by atoms with Crippen LogP contribution in [0, 0.1) is 0 Å². The summed E-state index contributed by atoms with van der Waals surface area (Å²) < 4.78 is 5.15. The molecule has 0 radical (unpaired) electrons. The SMILES string of the molecule is O=C(Nc1cccc(-c2nn[nH]n2)c1)c1cc(-c2ccccc2)no1. The first kappa shape index (κ1) is 14.8. The van der Waals surface area contributed by atoms with Crippen molar-refractivity contribution in [2.24, 2.45) is 0 Å². The fourth-order valence-electron chi connectivity index (χ4n) is 2.34. The normalized spacial score (nSPS) is 10.6. The summed E-state index contributed by atoms with van der Waals surface area (Å²) in [5, 5.41) is 20.4. The number of nitrogens with one attached hydrogen (secondary N) is 2. The topological polar surface area (TPSA) is 110 Å². The number of hydrogen-bond acceptors (Lipinski definition) is 6. The summed E-state index contributed by atoms with van der Waals surface area (Å²) in [6.45, 7) is 0. The van der Waals surface area contributed by atoms with Crippen LogP contribution in [-0.2, 0) is 0 Å². The molecule has 0 bridgehead atoms. The molecule has 0 atom stereocenters. The standard InChI is InChI=1S/C17H12N6O2/c24-17(15-10-14(21-25-15)11-5-2-1-3-6-11)18-13-8-4-7-12(9-13)16-19-22-23-20-16/h1-10H,(H,18,24)(H,19,20,22,23). The molecule has 0 unspecified atom stereocenters. The molecule has 8 nitrogen and oxygen atoms in total. The van der Waals surface area contributed by atoms with Gasteiger partial charge in [0, 0.05) is 22.9 Å². The second-order valence-corrected chi connectivity index (χ2v) is 5.21. The predicted molar refractivity (Wildman–Crippen MR) is 89.5 cm³/mol. The molecule has 0 spiro atoms. The molecule has 4 aromatic rings. The number of tetrazole rings is 1. The maximum absolute atomic E-state index is 12.4. The van der Waals surface area contributed by atoms with Gasteiger partial charge in [0.1, 0.15) is 5.69 Å². The molecule has 0 aliphatic heterocycles. The van der Waals surface area contributed by atoms with E-state index in [1.54, 1.807) is 24.3 Å². The molecule has 0 aliphatic rings. The van der Waals surface area contributed by atoms with Crippen molar-refractivity contribution in [3.63, 3.8) is 0 Å². The van der Waals surface area contributed by atoms with Gasteiger partial charge in [-0.3, -0.25) is 4.79 Å². The fraction of sp³-hybridized carbons (Fsp3) is 0. The Balaban J connectivity index is 1.53. The number of rotatable bonds is 4. The van der Waals surface area contributed by atoms with Crippen LogP contribution >= 0.6 is 0 Å². The molecule has 0 saturated carbocycles. The van der Waals surface area contributed by atoms with E-state index in [1.165, 1.54) is 0 Å². The lowest BCUT2D eigenvalue weighted by Gasteiger charge is -2.03. The highest BCUT2D eigenvalue weighted by Gasteiger charge is 2.14. The van der Waals surface area contributed by atoms with E-state index in [-0.39, 0.29) is 11.7 Å². The number of H-pyrrole nitrogens is 1. The Hall–Kier alpha value is -3.81. The summed E-state index contributed by atoms with van der Waals surface area (Å²) in [7, 11) is 0. The highest BCUT2D eigenvalue weighted by Crippen LogP contribution is 2.21. The molecule has 0 fully saturated rings. The summed E-state index contributed by atoms with van der Waals surface area (Å²) in [4.78, 5) is 12.4. The number of nitrogens with zero attached hydrogens (tertiary/aromatic N) is 4. The van der Waals surface area contributed by atoms with Gasteiger partial charge in [-0.15, -0.1) is 10.2 Å². The molecule has 25 heavy (non-hydrogen) atoms. The van der Waals surface area contributed by atoms with Crippen LogP contribution in [0.25, 0.3) is 22.6 Å². The molecule has 2 N–H and O–H groups in total. The molecule has 2 aromatic heterocycles. The molecule has 0 aliphatic carbocycles. The highest BCUT2D eigenvalue weighted by molar-refractivity contribution is 6.03. The maximum atomic E-state index is 12.4. The van der Waals surface area contributed by atoms with Crippen molar-refractivity contribution >= 4 is 11.6 Å². The van der Waals surface area contributed by atoms with Crippen molar-refractivity contribution in [1.29, 1.82) is 0 Å². The van der Waals surface area contributed by atoms with E-state index in [0.29, 0.717) is 17.2 Å². The van der Waals surface area contributed by atoms with E-state index in [2.05, 4.69) is 31.1 Å². The molecule has 1 amide bonds. The first-order valence-corrected chi connectivity index (χ1v) is 7.47. The van der Waals surface area contributed by atoms with Crippen molar-refractivity contribution in [3.05, 3.63) is 66.4 Å². The van der Waals surface area contributed by atoms with Crippen molar-refractivity contribution in [3.8, 4) is 22.6 Å². The first-order chi connectivity index (χ1) is 12.3. The van der Waals surface area contributed by atoms with Crippen molar-refractivity contribution < 1.29 is 9.32 Å². The lowest BCUT2D eigenvalue weighted by molar-refractivity contribution is 0.0988. The Morgan fingerprint density at radius 2 is 1.84 bits per heavy atom. The molecule has 8 heteroatoms. The highest BCUT2D eigenvalue weighted by atomic mass is 16.5. The summed E-state index contributed by atoms with van der Waals surface area (Å²) in [6, 6.07) is 18.2. The van der Waals surface area contributed by atoms with Crippen LogP contribution in [0.3, 0.4) is 0 Å². The van der Waals surface area contributed by atoms with Crippen molar-refractivity contribution in [1.82, 2.24) is 25.8 Å². The smallest absolute Gasteiger partial charge is 0.294 e. The van der Waals surface area contributed by atoms with E-state index in [9.17, 15) is 4.79 Å². The van der Waals surface area contributed by atoms with Crippen LogP contribution in [0.4, 0.5) is 5.69 Å². The van der Waals surface area contributed by atoms with Gasteiger partial charge in [-0.1, -0.05) is 47.6 Å². The van der Waals surface area contributed by atoms with Crippen LogP contribution < -0.4 is 5.32 Å². The van der Waals surface area contributed by atoms with Gasteiger partial charge in [-0.2, -0.15) is 5.21 Å². The van der Waals surface area contributed by atoms with Gasteiger partial charge < -0.3 is 9.84 Å². The number of amides is 1. The quantitative estimate of drug-likeness (QED) is 0.594. The minimum atomic E-state index is -0.389. The third kappa shape index (κ3) is 3.13. The Labute approximate surface area is 141 Å². The number of aromatic nitrogens is 5. The minimum Gasteiger partial charge on any atom is -0.350 e. The first-order valence-electron chi connectivity index (χ1n) is 7.47. The van der Waals surface area contributed by atoms with E-state index >= 15 is 0 Å². The molecule has 122 valence electrons. The van der Waals surface area contributed by atoms with Gasteiger partial charge in [-0.25, -0.2) is 0 Å². The largest absolute Gasteiger partial charge is 0.350 e. The maximum Gasteiger partial charge on any atom is 0.294 e. The van der Waals surface area contributed by atoms with E-state index in [0.717, 1.165) is 11.1 Å². The zero-order chi connectivity index (χ0) is 17.1. The molecule has 4 rings (SSSR count). The third-order valence-corrected chi connectivity index (χ3v) is 3.53. The molecule has 2 heterocycles. The van der Waals surface area contributed by atoms with Gasteiger partial charge in [0.25, 0.3) is 5.91 Å². The van der Waals surface area contributed by atoms with Gasteiger partial charge in [-0.05, 0) is 17.3 Å². The van der Waals surface area contributed by atoms with Crippen LogP contribution in [0.15, 0.2) is 65.2 Å². The monoisotopic (exact) mass is 332 g/mol. The molecule has 2 aromatic carbocycles. The number of anilines is 1. The van der Waals surface area contributed by atoms with Crippen LogP contribution in [-0.4, -0.2) is 31.7 Å². The van der Waals surface area contributed by atoms with Gasteiger partial charge in [0.15, 0.2) is 0 Å². The molecular weight excluding hydrogens is 320 g/mol. The average Bonchev–Trinajstić information content (AvgIpc) is 3.35. The summed E-state index contributed by atoms with van der Waals surface area (Å²) in [5.74, 6) is 0.186. The molecular formula is C17H12N6O2. The van der Waals surface area contributed by atoms with Gasteiger partial charge in [0.2, 0.25) is 11.6 Å². The Kier molecular flexibility index (Phi) is 3.76. The number of benzene rings is 2. The summed E-state index contributed by atoms with van der Waals surface area (Å²) >= 11 is 0. The number of aromatic amines is 1. The second kappa shape index (κ2) is 6.36. The number of hydrogen-bond donors (Lipinski definition) is 2. The number of carbonyl (C=O) groups is 1. The van der Waals surface area contributed by atoms with E-state index in [1.807, 2.05) is 36.4 Å². The van der Waals surface area contributed by atoms with E-state index in [4.69, 9.17) is 4.52 Å². The predicted octanol–water partition coefficient (Wildman–Crippen LogP) is 2.77.